The summed E-state index contributed by atoms with van der Waals surface area (Å²) in [6.07, 6.45) is 2.92. The number of benzene rings is 3. The average molecular weight is 742 g/mol. The molecule has 0 aliphatic carbocycles. The molecule has 0 saturated heterocycles. The van der Waals surface area contributed by atoms with E-state index in [4.69, 9.17) is 21.1 Å². The molecule has 0 spiro atoms. The molecule has 0 fully saturated rings. The molecule has 4 aromatic rings. The second-order valence-electron chi connectivity index (χ2n) is 8.27. The number of ether oxygens (including phenoxy) is 2. The van der Waals surface area contributed by atoms with Gasteiger partial charge in [0.25, 0.3) is 11.5 Å². The first-order valence-corrected chi connectivity index (χ1v) is 14.5. The second-order valence-corrected chi connectivity index (χ2v) is 11.2. The third-order valence-electron chi connectivity index (χ3n) is 5.51. The van der Waals surface area contributed by atoms with Gasteiger partial charge in [-0.15, -0.1) is 0 Å². The van der Waals surface area contributed by atoms with Crippen molar-refractivity contribution in [1.82, 2.24) is 9.66 Å². The van der Waals surface area contributed by atoms with E-state index < -0.39 is 0 Å². The Morgan fingerprint density at radius 1 is 1.13 bits per heavy atom. The number of nitrogens with one attached hydrogen (secondary N) is 1. The molecule has 12 heteroatoms. The summed E-state index contributed by atoms with van der Waals surface area (Å²) in [5, 5.41) is 8.26. The highest BCUT2D eigenvalue weighted by molar-refractivity contribution is 9.13. The molecule has 8 nitrogen and oxygen atoms in total. The minimum absolute atomic E-state index is 0.258. The number of halogens is 4. The summed E-state index contributed by atoms with van der Waals surface area (Å²) in [5.41, 5.74) is 1.56. The Morgan fingerprint density at radius 2 is 1.87 bits per heavy atom. The van der Waals surface area contributed by atoms with E-state index in [1.807, 2.05) is 13.0 Å². The van der Waals surface area contributed by atoms with Gasteiger partial charge in [0.2, 0.25) is 0 Å². The van der Waals surface area contributed by atoms with Gasteiger partial charge < -0.3 is 14.8 Å². The van der Waals surface area contributed by atoms with Gasteiger partial charge in [-0.2, -0.15) is 9.78 Å². The van der Waals surface area contributed by atoms with Crippen LogP contribution in [0.25, 0.3) is 10.9 Å². The Balaban J connectivity index is 1.62. The van der Waals surface area contributed by atoms with Crippen molar-refractivity contribution in [2.75, 3.05) is 19.0 Å². The van der Waals surface area contributed by atoms with Crippen LogP contribution < -0.4 is 20.3 Å². The number of fused-ring (bicyclic) bond motifs is 1. The monoisotopic (exact) mass is 738 g/mol. The maximum Gasteiger partial charge on any atom is 0.282 e. The molecule has 1 amide bonds. The average Bonchev–Trinajstić information content (AvgIpc) is 2.92. The quantitative estimate of drug-likeness (QED) is 0.183. The van der Waals surface area contributed by atoms with Crippen LogP contribution in [-0.4, -0.2) is 35.5 Å². The number of nitrogens with zero attached hydrogens (tertiary/aromatic N) is 3. The number of hydrogen-bond donors (Lipinski definition) is 1. The molecule has 1 aromatic heterocycles. The summed E-state index contributed by atoms with van der Waals surface area (Å²) >= 11 is 16.4. The van der Waals surface area contributed by atoms with E-state index in [9.17, 15) is 9.59 Å². The molecule has 4 rings (SSSR count). The van der Waals surface area contributed by atoms with Gasteiger partial charge in [0.05, 0.1) is 28.7 Å². The van der Waals surface area contributed by atoms with Gasteiger partial charge >= 0.3 is 0 Å². The van der Waals surface area contributed by atoms with E-state index in [0.29, 0.717) is 59.9 Å². The number of amides is 1. The molecular weight excluding hydrogens is 719 g/mol. The van der Waals surface area contributed by atoms with E-state index in [-0.39, 0.29) is 18.1 Å². The van der Waals surface area contributed by atoms with Crippen LogP contribution in [-0.2, 0) is 11.2 Å². The lowest BCUT2D eigenvalue weighted by Gasteiger charge is -2.15. The normalized spacial score (nSPS) is 11.2. The lowest BCUT2D eigenvalue weighted by Crippen LogP contribution is -2.22. The highest BCUT2D eigenvalue weighted by atomic mass is 79.9. The van der Waals surface area contributed by atoms with Crippen LogP contribution in [0.1, 0.15) is 24.7 Å². The van der Waals surface area contributed by atoms with E-state index >= 15 is 0 Å². The number of carbonyl (C=O) groups excluding carboxylic acids is 1. The molecule has 3 aromatic carbocycles. The fraction of sp³-hybridized carbons (Fsp3) is 0.185. The van der Waals surface area contributed by atoms with Gasteiger partial charge in [0, 0.05) is 31.6 Å². The number of hydrogen-bond acceptors (Lipinski definition) is 6. The Labute approximate surface area is 254 Å². The van der Waals surface area contributed by atoms with Crippen LogP contribution in [0.5, 0.6) is 11.5 Å². The SMILES string of the molecule is CCCc1nc2ccc(Br)cc2c(=O)n1N=Cc1cc(OC)c(OCC(=O)Nc2ccc(Cl)cc2)c(Br)c1Br. The Hall–Kier alpha value is -2.73. The van der Waals surface area contributed by atoms with E-state index in [1.165, 1.54) is 11.8 Å². The zero-order valence-corrected chi connectivity index (χ0v) is 26.3. The molecular formula is C27H22Br3ClN4O4. The second kappa shape index (κ2) is 13.1. The predicted octanol–water partition coefficient (Wildman–Crippen LogP) is 7.20. The molecule has 0 atom stereocenters. The van der Waals surface area contributed by atoms with Gasteiger partial charge in [-0.3, -0.25) is 9.59 Å². The Kier molecular flexibility index (Phi) is 9.81. The fourth-order valence-corrected chi connectivity index (χ4v) is 5.09. The zero-order chi connectivity index (χ0) is 28.1. The minimum atomic E-state index is -0.355. The fourth-order valence-electron chi connectivity index (χ4n) is 3.67. The number of aromatic nitrogens is 2. The van der Waals surface area contributed by atoms with E-state index in [1.54, 1.807) is 48.7 Å². The van der Waals surface area contributed by atoms with Crippen molar-refractivity contribution >= 4 is 88.1 Å². The van der Waals surface area contributed by atoms with Crippen LogP contribution in [0.3, 0.4) is 0 Å². The summed E-state index contributed by atoms with van der Waals surface area (Å²) < 4.78 is 14.5. The topological polar surface area (TPSA) is 94.8 Å². The van der Waals surface area contributed by atoms with Crippen molar-refractivity contribution in [2.24, 2.45) is 5.10 Å². The van der Waals surface area contributed by atoms with Crippen LogP contribution >= 0.6 is 59.4 Å². The van der Waals surface area contributed by atoms with Crippen molar-refractivity contribution in [3.05, 3.63) is 88.7 Å². The minimum Gasteiger partial charge on any atom is -0.493 e. The van der Waals surface area contributed by atoms with Crippen LogP contribution in [0.15, 0.2) is 71.8 Å². The lowest BCUT2D eigenvalue weighted by atomic mass is 10.2. The largest absolute Gasteiger partial charge is 0.493 e. The van der Waals surface area contributed by atoms with Crippen LogP contribution in [0.4, 0.5) is 5.69 Å². The molecule has 0 bridgehead atoms. The van der Waals surface area contributed by atoms with E-state index in [2.05, 4.69) is 63.2 Å². The van der Waals surface area contributed by atoms with Gasteiger partial charge in [-0.05, 0) is 86.8 Å². The summed E-state index contributed by atoms with van der Waals surface area (Å²) in [6, 6.07) is 13.8. The summed E-state index contributed by atoms with van der Waals surface area (Å²) in [5.74, 6) is 0.898. The molecule has 202 valence electrons. The predicted molar refractivity (Wildman–Crippen MR) is 165 cm³/mol. The van der Waals surface area contributed by atoms with Gasteiger partial charge in [0.15, 0.2) is 18.1 Å². The number of anilines is 1. The van der Waals surface area contributed by atoms with Crippen molar-refractivity contribution in [3.8, 4) is 11.5 Å². The van der Waals surface area contributed by atoms with Crippen molar-refractivity contribution in [1.29, 1.82) is 0 Å². The third-order valence-corrected chi connectivity index (χ3v) is 8.40. The molecule has 0 radical (unpaired) electrons. The van der Waals surface area contributed by atoms with Gasteiger partial charge in [0.1, 0.15) is 5.82 Å². The standard InChI is InChI=1S/C27H22Br3ClN4O4/c1-3-4-22-34-20-10-5-16(28)12-19(20)27(37)35(22)32-13-15-11-21(38-2)26(25(30)24(15)29)39-14-23(36)33-18-8-6-17(31)7-9-18/h5-13H,3-4,14H2,1-2H3,(H,33,36). The van der Waals surface area contributed by atoms with Crippen molar-refractivity contribution in [2.45, 2.75) is 19.8 Å². The van der Waals surface area contributed by atoms with Gasteiger partial charge in [-0.25, -0.2) is 4.98 Å². The van der Waals surface area contributed by atoms with Crippen molar-refractivity contribution < 1.29 is 14.3 Å². The number of aryl methyl sites for hydroxylation is 1. The maximum atomic E-state index is 13.3. The summed E-state index contributed by atoms with van der Waals surface area (Å²) in [7, 11) is 1.49. The molecule has 39 heavy (non-hydrogen) atoms. The third kappa shape index (κ3) is 6.89. The number of methoxy groups -OCH3 is 1. The van der Waals surface area contributed by atoms with Crippen LogP contribution in [0.2, 0.25) is 5.02 Å². The number of rotatable bonds is 9. The van der Waals surface area contributed by atoms with Crippen LogP contribution in [0, 0.1) is 0 Å². The van der Waals surface area contributed by atoms with Gasteiger partial charge in [-0.1, -0.05) is 34.5 Å². The highest BCUT2D eigenvalue weighted by Crippen LogP contribution is 2.42. The van der Waals surface area contributed by atoms with Crippen molar-refractivity contribution in [3.63, 3.8) is 0 Å². The Bertz CT molecular complexity index is 1620. The molecule has 0 saturated carbocycles. The number of carbonyl (C=O) groups is 1. The highest BCUT2D eigenvalue weighted by Gasteiger charge is 2.18. The molecule has 0 unspecified atom stereocenters. The molecule has 1 N–H and O–H groups in total. The first-order valence-electron chi connectivity index (χ1n) is 11.7. The smallest absolute Gasteiger partial charge is 0.282 e. The van der Waals surface area contributed by atoms with E-state index in [0.717, 1.165) is 10.9 Å². The summed E-state index contributed by atoms with van der Waals surface area (Å²) in [6.45, 7) is 1.75. The molecule has 0 aliphatic rings. The lowest BCUT2D eigenvalue weighted by molar-refractivity contribution is -0.118. The first kappa shape index (κ1) is 29.3. The Morgan fingerprint density at radius 3 is 2.56 bits per heavy atom. The first-order chi connectivity index (χ1) is 18.7. The summed E-state index contributed by atoms with van der Waals surface area (Å²) in [4.78, 5) is 30.4. The molecule has 1 heterocycles. The zero-order valence-electron chi connectivity index (χ0n) is 20.8. The maximum absolute atomic E-state index is 13.3. The molecule has 0 aliphatic heterocycles.